The Kier molecular flexibility index (Phi) is 6.50. The standard InChI is InChI=1S/C33H29N3O4S/c1-20-5-7-23(8-6-20)32-31(33(37)34-2)28-18-27(29(19-30(28)40-32)36(3)41(4,38)39)24-10-9-21-11-12-25(26(21)17-24)22-13-15-35-16-14-22/h5-10,12-19H,11H2,1-4H3,(H,34,37). The van der Waals surface area contributed by atoms with Crippen LogP contribution < -0.4 is 9.62 Å². The van der Waals surface area contributed by atoms with E-state index in [0.29, 0.717) is 33.5 Å². The molecule has 0 fully saturated rings. The number of rotatable bonds is 6. The van der Waals surface area contributed by atoms with Crippen LogP contribution in [0.3, 0.4) is 0 Å². The summed E-state index contributed by atoms with van der Waals surface area (Å²) in [6.45, 7) is 1.99. The molecule has 0 spiro atoms. The van der Waals surface area contributed by atoms with E-state index in [9.17, 15) is 13.2 Å². The van der Waals surface area contributed by atoms with Gasteiger partial charge in [0.1, 0.15) is 11.3 Å². The molecule has 1 aliphatic rings. The Hall–Kier alpha value is -4.69. The maximum absolute atomic E-state index is 13.2. The van der Waals surface area contributed by atoms with Crippen LogP contribution in [0.1, 0.15) is 32.6 Å². The van der Waals surface area contributed by atoms with Crippen LogP contribution in [0.2, 0.25) is 0 Å². The van der Waals surface area contributed by atoms with Crippen LogP contribution in [0.5, 0.6) is 0 Å². The van der Waals surface area contributed by atoms with Gasteiger partial charge in [0.05, 0.1) is 17.5 Å². The summed E-state index contributed by atoms with van der Waals surface area (Å²) >= 11 is 0. The summed E-state index contributed by atoms with van der Waals surface area (Å²) in [6.07, 6.45) is 7.73. The second kappa shape index (κ2) is 10.1. The van der Waals surface area contributed by atoms with Crippen LogP contribution in [0, 0.1) is 6.92 Å². The molecule has 2 aromatic heterocycles. The van der Waals surface area contributed by atoms with Crippen molar-refractivity contribution in [3.8, 4) is 22.5 Å². The van der Waals surface area contributed by atoms with E-state index in [2.05, 4.69) is 28.5 Å². The highest BCUT2D eigenvalue weighted by atomic mass is 32.2. The largest absolute Gasteiger partial charge is 0.455 e. The number of pyridine rings is 1. The van der Waals surface area contributed by atoms with Gasteiger partial charge in [0.2, 0.25) is 10.0 Å². The van der Waals surface area contributed by atoms with Crippen LogP contribution in [-0.4, -0.2) is 39.7 Å². The summed E-state index contributed by atoms with van der Waals surface area (Å²) in [6, 6.07) is 21.5. The number of benzene rings is 3. The third-order valence-corrected chi connectivity index (χ3v) is 8.83. The first kappa shape index (κ1) is 26.5. The van der Waals surface area contributed by atoms with Crippen LogP contribution in [0.15, 0.2) is 89.6 Å². The molecular formula is C33H29N3O4S. The summed E-state index contributed by atoms with van der Waals surface area (Å²) in [5.74, 6) is 0.146. The van der Waals surface area contributed by atoms with E-state index in [1.807, 2.05) is 55.5 Å². The maximum Gasteiger partial charge on any atom is 0.255 e. The molecule has 0 radical (unpaired) electrons. The van der Waals surface area contributed by atoms with Gasteiger partial charge >= 0.3 is 0 Å². The van der Waals surface area contributed by atoms with Crippen LogP contribution in [0.25, 0.3) is 39.0 Å². The molecule has 0 saturated heterocycles. The predicted octanol–water partition coefficient (Wildman–Crippen LogP) is 6.21. The SMILES string of the molecule is CNC(=O)c1c(-c2ccc(C)cc2)oc2cc(N(C)S(C)(=O)=O)c(-c3ccc4c(c3)C(c3ccncc3)=CC4)cc12. The third-order valence-electron chi connectivity index (χ3n) is 7.64. The molecule has 0 bridgehead atoms. The summed E-state index contributed by atoms with van der Waals surface area (Å²) in [5, 5.41) is 3.34. The number of sulfonamides is 1. The summed E-state index contributed by atoms with van der Waals surface area (Å²) < 4.78 is 33.1. The number of furan rings is 1. The molecule has 0 aliphatic heterocycles. The average molecular weight is 564 g/mol. The van der Waals surface area contributed by atoms with E-state index in [0.717, 1.165) is 39.8 Å². The van der Waals surface area contributed by atoms with Gasteiger partial charge in [-0.05, 0) is 65.4 Å². The lowest BCUT2D eigenvalue weighted by Gasteiger charge is -2.21. The van der Waals surface area contributed by atoms with Gasteiger partial charge in [-0.1, -0.05) is 48.0 Å². The quantitative estimate of drug-likeness (QED) is 0.265. The molecule has 5 aromatic rings. The smallest absolute Gasteiger partial charge is 0.255 e. The van der Waals surface area contributed by atoms with Crippen molar-refractivity contribution in [2.24, 2.45) is 0 Å². The Morgan fingerprint density at radius 3 is 2.32 bits per heavy atom. The number of aromatic nitrogens is 1. The third kappa shape index (κ3) is 4.70. The normalized spacial score (nSPS) is 12.7. The van der Waals surface area contributed by atoms with Gasteiger partial charge in [0.15, 0.2) is 0 Å². The minimum Gasteiger partial charge on any atom is -0.455 e. The zero-order chi connectivity index (χ0) is 28.9. The van der Waals surface area contributed by atoms with Crippen LogP contribution in [-0.2, 0) is 16.4 Å². The average Bonchev–Trinajstić information content (AvgIpc) is 3.57. The molecule has 0 saturated carbocycles. The predicted molar refractivity (Wildman–Crippen MR) is 163 cm³/mol. The summed E-state index contributed by atoms with van der Waals surface area (Å²) in [7, 11) is -0.497. The van der Waals surface area contributed by atoms with Crippen molar-refractivity contribution in [1.29, 1.82) is 0 Å². The highest BCUT2D eigenvalue weighted by Gasteiger charge is 2.26. The van der Waals surface area contributed by atoms with Crippen molar-refractivity contribution in [3.63, 3.8) is 0 Å². The zero-order valence-electron chi connectivity index (χ0n) is 23.2. The summed E-state index contributed by atoms with van der Waals surface area (Å²) in [4.78, 5) is 17.4. The van der Waals surface area contributed by atoms with E-state index in [1.54, 1.807) is 25.5 Å². The topological polar surface area (TPSA) is 92.5 Å². The molecule has 7 nitrogen and oxygen atoms in total. The minimum absolute atomic E-state index is 0.286. The second-order valence-electron chi connectivity index (χ2n) is 10.3. The van der Waals surface area contributed by atoms with E-state index >= 15 is 0 Å². The molecule has 2 heterocycles. The lowest BCUT2D eigenvalue weighted by Crippen LogP contribution is -2.25. The van der Waals surface area contributed by atoms with E-state index in [1.165, 1.54) is 23.2 Å². The fraction of sp³-hybridized carbons (Fsp3) is 0.152. The number of nitrogens with zero attached hydrogens (tertiary/aromatic N) is 2. The maximum atomic E-state index is 13.2. The van der Waals surface area contributed by atoms with Gasteiger partial charge in [0, 0.05) is 49.1 Å². The van der Waals surface area contributed by atoms with Crippen molar-refractivity contribution < 1.29 is 17.6 Å². The highest BCUT2D eigenvalue weighted by Crippen LogP contribution is 2.43. The number of carbonyl (C=O) groups excluding carboxylic acids is 1. The van der Waals surface area contributed by atoms with Crippen LogP contribution >= 0.6 is 0 Å². The molecular weight excluding hydrogens is 534 g/mol. The Labute approximate surface area is 239 Å². The van der Waals surface area contributed by atoms with Gasteiger partial charge in [0.25, 0.3) is 5.91 Å². The molecule has 1 amide bonds. The molecule has 206 valence electrons. The van der Waals surface area contributed by atoms with Gasteiger partial charge in [-0.2, -0.15) is 0 Å². The van der Waals surface area contributed by atoms with E-state index < -0.39 is 10.0 Å². The van der Waals surface area contributed by atoms with Crippen molar-refractivity contribution in [3.05, 3.63) is 113 Å². The van der Waals surface area contributed by atoms with Crippen molar-refractivity contribution >= 4 is 38.2 Å². The van der Waals surface area contributed by atoms with Gasteiger partial charge in [-0.25, -0.2) is 8.42 Å². The molecule has 3 aromatic carbocycles. The van der Waals surface area contributed by atoms with Gasteiger partial charge in [-0.15, -0.1) is 0 Å². The monoisotopic (exact) mass is 563 g/mol. The Balaban J connectivity index is 1.61. The number of aryl methyl sites for hydroxylation is 1. The number of amides is 1. The lowest BCUT2D eigenvalue weighted by atomic mass is 9.93. The fourth-order valence-corrected chi connectivity index (χ4v) is 5.87. The first-order valence-corrected chi connectivity index (χ1v) is 15.1. The Morgan fingerprint density at radius 1 is 0.927 bits per heavy atom. The highest BCUT2D eigenvalue weighted by molar-refractivity contribution is 7.92. The fourth-order valence-electron chi connectivity index (χ4n) is 5.36. The molecule has 41 heavy (non-hydrogen) atoms. The second-order valence-corrected chi connectivity index (χ2v) is 12.3. The first-order valence-electron chi connectivity index (χ1n) is 13.2. The molecule has 1 N–H and O–H groups in total. The molecule has 6 rings (SSSR count). The summed E-state index contributed by atoms with van der Waals surface area (Å²) in [5.41, 5.74) is 9.09. The number of fused-ring (bicyclic) bond motifs is 2. The number of carbonyl (C=O) groups is 1. The number of anilines is 1. The van der Waals surface area contributed by atoms with E-state index in [-0.39, 0.29) is 5.91 Å². The first-order chi connectivity index (χ1) is 19.7. The molecule has 0 unspecified atom stereocenters. The van der Waals surface area contributed by atoms with Crippen molar-refractivity contribution in [2.45, 2.75) is 13.3 Å². The van der Waals surface area contributed by atoms with Crippen molar-refractivity contribution in [2.75, 3.05) is 24.7 Å². The Morgan fingerprint density at radius 2 is 1.63 bits per heavy atom. The lowest BCUT2D eigenvalue weighted by molar-refractivity contribution is 0.0964. The number of nitrogens with one attached hydrogen (secondary N) is 1. The molecule has 0 atom stereocenters. The molecule has 1 aliphatic carbocycles. The van der Waals surface area contributed by atoms with E-state index in [4.69, 9.17) is 4.42 Å². The van der Waals surface area contributed by atoms with Gasteiger partial charge < -0.3 is 9.73 Å². The number of hydrogen-bond donors (Lipinski definition) is 1. The Bertz CT molecular complexity index is 1960. The van der Waals surface area contributed by atoms with Crippen molar-refractivity contribution in [1.82, 2.24) is 10.3 Å². The van der Waals surface area contributed by atoms with Gasteiger partial charge in [-0.3, -0.25) is 14.1 Å². The minimum atomic E-state index is -3.61. The molecule has 8 heteroatoms. The number of hydrogen-bond acceptors (Lipinski definition) is 5. The zero-order valence-corrected chi connectivity index (χ0v) is 24.0. The number of allylic oxidation sites excluding steroid dienone is 1. The van der Waals surface area contributed by atoms with Crippen LogP contribution in [0.4, 0.5) is 5.69 Å².